The van der Waals surface area contributed by atoms with Crippen LogP contribution in [0.2, 0.25) is 0 Å². The van der Waals surface area contributed by atoms with E-state index in [1.54, 1.807) is 0 Å². The quantitative estimate of drug-likeness (QED) is 0.656. The van der Waals surface area contributed by atoms with Crippen molar-refractivity contribution >= 4 is 12.0 Å². The monoisotopic (exact) mass is 284 g/mol. The van der Waals surface area contributed by atoms with Gasteiger partial charge in [-0.05, 0) is 26.8 Å². The number of rotatable bonds is 7. The second-order valence-electron chi connectivity index (χ2n) is 4.44. The van der Waals surface area contributed by atoms with Gasteiger partial charge in [0.2, 0.25) is 0 Å². The van der Waals surface area contributed by atoms with Crippen LogP contribution in [0.4, 0.5) is 4.79 Å². The Morgan fingerprint density at radius 2 is 2.15 bits per heavy atom. The van der Waals surface area contributed by atoms with E-state index in [-0.39, 0.29) is 31.8 Å². The summed E-state index contributed by atoms with van der Waals surface area (Å²) in [5.41, 5.74) is 0.930. The predicted molar refractivity (Wildman–Crippen MR) is 71.6 cm³/mol. The first-order valence-electron chi connectivity index (χ1n) is 6.31. The summed E-state index contributed by atoms with van der Waals surface area (Å²) in [4.78, 5) is 21.8. The number of hydrogen-bond acceptors (Lipinski definition) is 4. The molecule has 1 heterocycles. The summed E-state index contributed by atoms with van der Waals surface area (Å²) in [7, 11) is 0. The van der Waals surface area contributed by atoms with Crippen molar-refractivity contribution in [1.29, 1.82) is 0 Å². The molecule has 20 heavy (non-hydrogen) atoms. The molecule has 3 N–H and O–H groups in total. The van der Waals surface area contributed by atoms with E-state index < -0.39 is 5.97 Å². The van der Waals surface area contributed by atoms with E-state index in [2.05, 4.69) is 10.6 Å². The zero-order valence-electron chi connectivity index (χ0n) is 11.9. The zero-order valence-corrected chi connectivity index (χ0v) is 11.9. The highest BCUT2D eigenvalue weighted by Crippen LogP contribution is 2.20. The lowest BCUT2D eigenvalue weighted by molar-refractivity contribution is -0.142. The lowest BCUT2D eigenvalue weighted by Crippen LogP contribution is -2.38. The van der Waals surface area contributed by atoms with Gasteiger partial charge in [0.15, 0.2) is 0 Å². The highest BCUT2D eigenvalue weighted by molar-refractivity contribution is 5.74. The molecule has 0 aromatic carbocycles. The molecule has 0 saturated carbocycles. The minimum absolute atomic E-state index is 0.151. The third kappa shape index (κ3) is 5.31. The molecule has 0 aliphatic carbocycles. The van der Waals surface area contributed by atoms with Crippen LogP contribution in [0, 0.1) is 13.8 Å². The van der Waals surface area contributed by atoms with Crippen molar-refractivity contribution in [3.05, 3.63) is 23.2 Å². The fourth-order valence-corrected chi connectivity index (χ4v) is 1.80. The molecule has 7 nitrogen and oxygen atoms in total. The van der Waals surface area contributed by atoms with Crippen LogP contribution >= 0.6 is 0 Å². The number of carboxylic acid groups (broad SMARTS) is 1. The van der Waals surface area contributed by atoms with E-state index in [0.29, 0.717) is 0 Å². The molecule has 1 aromatic rings. The summed E-state index contributed by atoms with van der Waals surface area (Å²) in [6, 6.07) is 1.37. The normalized spacial score (nSPS) is 11.9. The van der Waals surface area contributed by atoms with Gasteiger partial charge in [-0.25, -0.2) is 9.59 Å². The molecule has 0 saturated heterocycles. The molecule has 7 heteroatoms. The minimum atomic E-state index is -1.03. The first-order chi connectivity index (χ1) is 9.40. The second-order valence-corrected chi connectivity index (χ2v) is 4.44. The standard InChI is InChI=1S/C13H20N2O5/c1-8-6-11(10(3)20-8)9(2)15-13(18)14-4-5-19-7-12(16)17/h6,9H,4-5,7H2,1-3H3,(H,16,17)(H2,14,15,18). The molecular formula is C13H20N2O5. The first-order valence-corrected chi connectivity index (χ1v) is 6.31. The van der Waals surface area contributed by atoms with Gasteiger partial charge in [0, 0.05) is 12.1 Å². The number of amides is 2. The molecule has 112 valence electrons. The third-order valence-corrected chi connectivity index (χ3v) is 2.65. The van der Waals surface area contributed by atoms with Gasteiger partial charge < -0.3 is 24.9 Å². The van der Waals surface area contributed by atoms with Crippen molar-refractivity contribution in [3.8, 4) is 0 Å². The maximum Gasteiger partial charge on any atom is 0.329 e. The van der Waals surface area contributed by atoms with Crippen LogP contribution < -0.4 is 10.6 Å². The van der Waals surface area contributed by atoms with Gasteiger partial charge in [0.25, 0.3) is 0 Å². The van der Waals surface area contributed by atoms with Gasteiger partial charge in [0.05, 0.1) is 12.6 Å². The summed E-state index contributed by atoms with van der Waals surface area (Å²) in [5.74, 6) is 0.544. The van der Waals surface area contributed by atoms with Crippen LogP contribution in [0.5, 0.6) is 0 Å². The van der Waals surface area contributed by atoms with Gasteiger partial charge in [-0.1, -0.05) is 0 Å². The van der Waals surface area contributed by atoms with Crippen molar-refractivity contribution in [1.82, 2.24) is 10.6 Å². The SMILES string of the molecule is Cc1cc(C(C)NC(=O)NCCOCC(=O)O)c(C)o1. The van der Waals surface area contributed by atoms with Crippen LogP contribution in [0.3, 0.4) is 0 Å². The zero-order chi connectivity index (χ0) is 15.1. The van der Waals surface area contributed by atoms with Crippen LogP contribution in [-0.4, -0.2) is 36.9 Å². The van der Waals surface area contributed by atoms with E-state index in [1.807, 2.05) is 26.8 Å². The predicted octanol–water partition coefficient (Wildman–Crippen LogP) is 1.36. The molecule has 0 spiro atoms. The number of ether oxygens (including phenoxy) is 1. The van der Waals surface area contributed by atoms with Gasteiger partial charge >= 0.3 is 12.0 Å². The maximum atomic E-state index is 11.6. The number of hydrogen-bond donors (Lipinski definition) is 3. The summed E-state index contributed by atoms with van der Waals surface area (Å²) in [6.07, 6.45) is 0. The Kier molecular flexibility index (Phi) is 6.05. The molecular weight excluding hydrogens is 264 g/mol. The number of carboxylic acids is 1. The number of nitrogens with one attached hydrogen (secondary N) is 2. The minimum Gasteiger partial charge on any atom is -0.480 e. The van der Waals surface area contributed by atoms with Gasteiger partial charge in [-0.2, -0.15) is 0 Å². The smallest absolute Gasteiger partial charge is 0.329 e. The summed E-state index contributed by atoms with van der Waals surface area (Å²) in [5, 5.41) is 13.7. The van der Waals surface area contributed by atoms with Crippen molar-refractivity contribution < 1.29 is 23.8 Å². The molecule has 0 radical (unpaired) electrons. The van der Waals surface area contributed by atoms with Crippen LogP contribution in [-0.2, 0) is 9.53 Å². The largest absolute Gasteiger partial charge is 0.480 e. The third-order valence-electron chi connectivity index (χ3n) is 2.65. The van der Waals surface area contributed by atoms with E-state index in [9.17, 15) is 9.59 Å². The number of aryl methyl sites for hydroxylation is 2. The molecule has 1 unspecified atom stereocenters. The number of carbonyl (C=O) groups excluding carboxylic acids is 1. The Hall–Kier alpha value is -2.02. The highest BCUT2D eigenvalue weighted by Gasteiger charge is 2.14. The van der Waals surface area contributed by atoms with Crippen LogP contribution in [0.15, 0.2) is 10.5 Å². The Morgan fingerprint density at radius 1 is 1.45 bits per heavy atom. The number of carbonyl (C=O) groups is 2. The topological polar surface area (TPSA) is 101 Å². The maximum absolute atomic E-state index is 11.6. The molecule has 0 aliphatic heterocycles. The van der Waals surface area contributed by atoms with Gasteiger partial charge in [0.1, 0.15) is 18.1 Å². The van der Waals surface area contributed by atoms with E-state index in [4.69, 9.17) is 14.3 Å². The van der Waals surface area contributed by atoms with Crippen LogP contribution in [0.1, 0.15) is 30.0 Å². The number of furan rings is 1. The summed E-state index contributed by atoms with van der Waals surface area (Å²) in [6.45, 7) is 5.58. The molecule has 1 aromatic heterocycles. The first kappa shape index (κ1) is 16.0. The average Bonchev–Trinajstić information content (AvgIpc) is 2.67. The lowest BCUT2D eigenvalue weighted by Gasteiger charge is -2.14. The number of aliphatic carboxylic acids is 1. The Bertz CT molecular complexity index is 469. The van der Waals surface area contributed by atoms with Crippen molar-refractivity contribution in [2.75, 3.05) is 19.8 Å². The van der Waals surface area contributed by atoms with E-state index in [0.717, 1.165) is 17.1 Å². The molecule has 1 atom stereocenters. The van der Waals surface area contributed by atoms with Crippen molar-refractivity contribution in [2.45, 2.75) is 26.8 Å². The molecule has 0 bridgehead atoms. The van der Waals surface area contributed by atoms with Crippen molar-refractivity contribution in [3.63, 3.8) is 0 Å². The van der Waals surface area contributed by atoms with E-state index in [1.165, 1.54) is 0 Å². The van der Waals surface area contributed by atoms with Gasteiger partial charge in [-0.15, -0.1) is 0 Å². The molecule has 0 aliphatic rings. The summed E-state index contributed by atoms with van der Waals surface area (Å²) >= 11 is 0. The average molecular weight is 284 g/mol. The van der Waals surface area contributed by atoms with E-state index >= 15 is 0 Å². The molecule has 0 fully saturated rings. The Labute approximate surface area is 117 Å². The fraction of sp³-hybridized carbons (Fsp3) is 0.538. The lowest BCUT2D eigenvalue weighted by atomic mass is 10.1. The molecule has 2 amide bonds. The summed E-state index contributed by atoms with van der Waals surface area (Å²) < 4.78 is 10.2. The molecule has 1 rings (SSSR count). The Morgan fingerprint density at radius 3 is 2.70 bits per heavy atom. The number of urea groups is 1. The van der Waals surface area contributed by atoms with Crippen molar-refractivity contribution in [2.24, 2.45) is 0 Å². The van der Waals surface area contributed by atoms with Crippen LogP contribution in [0.25, 0.3) is 0 Å². The highest BCUT2D eigenvalue weighted by atomic mass is 16.5. The van der Waals surface area contributed by atoms with Gasteiger partial charge in [-0.3, -0.25) is 0 Å². The Balaban J connectivity index is 2.28. The fourth-order valence-electron chi connectivity index (χ4n) is 1.80. The second kappa shape index (κ2) is 7.54.